The predicted molar refractivity (Wildman–Crippen MR) is 50.2 cm³/mol. The molecular weight excluding hydrogens is 228 g/mol. The van der Waals surface area contributed by atoms with Crippen molar-refractivity contribution in [3.63, 3.8) is 0 Å². The number of ketones is 1. The molecule has 2 heterocycles. The largest absolute Gasteiger partial charge is 0.303 e. The lowest BCUT2D eigenvalue weighted by Gasteiger charge is -2.07. The van der Waals surface area contributed by atoms with Crippen LogP contribution in [0.3, 0.4) is 0 Å². The van der Waals surface area contributed by atoms with Crippen LogP contribution in [0.25, 0.3) is 0 Å². The van der Waals surface area contributed by atoms with Crippen molar-refractivity contribution in [1.82, 2.24) is 40.4 Å². The summed E-state index contributed by atoms with van der Waals surface area (Å²) in [5, 5.41) is 20.7. The Balaban J connectivity index is 1.98. The van der Waals surface area contributed by atoms with Crippen molar-refractivity contribution in [2.45, 2.75) is 13.1 Å². The zero-order chi connectivity index (χ0) is 12.1. The predicted octanol–water partition coefficient (Wildman–Crippen LogP) is -2.26. The Hall–Kier alpha value is -2.52. The van der Waals surface area contributed by atoms with Crippen LogP contribution in [-0.4, -0.2) is 52.5 Å². The number of Topliss-reactive ketones (excluding diaryl/α,β-unsaturated/α-hetero) is 1. The van der Waals surface area contributed by atoms with Gasteiger partial charge in [-0.15, -0.1) is 10.2 Å². The van der Waals surface area contributed by atoms with Crippen LogP contribution >= 0.6 is 0 Å². The van der Waals surface area contributed by atoms with E-state index in [0.717, 1.165) is 0 Å². The molecule has 0 radical (unpaired) electrons. The number of hydrogen-bond donors (Lipinski definition) is 0. The second kappa shape index (κ2) is 5.01. The molecule has 0 fully saturated rings. The third-order valence-corrected chi connectivity index (χ3v) is 2.06. The molecule has 0 bridgehead atoms. The summed E-state index contributed by atoms with van der Waals surface area (Å²) in [5.41, 5.74) is 0. The fourth-order valence-electron chi connectivity index (χ4n) is 1.22. The lowest BCUT2D eigenvalue weighted by molar-refractivity contribution is -0.128. The van der Waals surface area contributed by atoms with Gasteiger partial charge in [-0.2, -0.15) is 0 Å². The van der Waals surface area contributed by atoms with Gasteiger partial charge in [0.2, 0.25) is 0 Å². The van der Waals surface area contributed by atoms with Crippen LogP contribution in [0.1, 0.15) is 0 Å². The first-order chi connectivity index (χ1) is 8.29. The number of tetrazole rings is 2. The number of rotatable bonds is 6. The first-order valence-electron chi connectivity index (χ1n) is 4.69. The van der Waals surface area contributed by atoms with Crippen molar-refractivity contribution in [1.29, 1.82) is 0 Å². The van der Waals surface area contributed by atoms with Gasteiger partial charge in [0.1, 0.15) is 25.5 Å². The summed E-state index contributed by atoms with van der Waals surface area (Å²) in [7, 11) is 0. The summed E-state index contributed by atoms with van der Waals surface area (Å²) in [4.78, 5) is 22.6. The highest BCUT2D eigenvalue weighted by molar-refractivity contribution is 5.92. The van der Waals surface area contributed by atoms with E-state index in [1.807, 2.05) is 0 Å². The van der Waals surface area contributed by atoms with Gasteiger partial charge in [-0.05, 0) is 20.9 Å². The highest BCUT2D eigenvalue weighted by atomic mass is 16.1. The number of nitrogens with zero attached hydrogens (tertiary/aromatic N) is 8. The molecule has 88 valence electrons. The van der Waals surface area contributed by atoms with E-state index < -0.39 is 5.92 Å². The summed E-state index contributed by atoms with van der Waals surface area (Å²) in [5.74, 6) is -1.12. The molecule has 0 aliphatic carbocycles. The van der Waals surface area contributed by atoms with Crippen molar-refractivity contribution < 1.29 is 9.59 Å². The molecule has 0 N–H and O–H groups in total. The van der Waals surface area contributed by atoms with Crippen LogP contribution in [0, 0.1) is 5.92 Å². The lowest BCUT2D eigenvalue weighted by atomic mass is 10.1. The molecule has 2 aromatic heterocycles. The average molecular weight is 236 g/mol. The van der Waals surface area contributed by atoms with Gasteiger partial charge in [0.15, 0.2) is 5.78 Å². The first-order valence-corrected chi connectivity index (χ1v) is 4.69. The Morgan fingerprint density at radius 2 is 1.82 bits per heavy atom. The molecule has 0 amide bonds. The molecule has 2 aromatic rings. The van der Waals surface area contributed by atoms with Crippen molar-refractivity contribution >= 4 is 12.1 Å². The van der Waals surface area contributed by atoms with E-state index in [0.29, 0.717) is 6.29 Å². The van der Waals surface area contributed by atoms with E-state index in [2.05, 4.69) is 31.1 Å². The molecule has 17 heavy (non-hydrogen) atoms. The van der Waals surface area contributed by atoms with Gasteiger partial charge < -0.3 is 4.79 Å². The minimum Gasteiger partial charge on any atom is -0.303 e. The third-order valence-electron chi connectivity index (χ3n) is 2.06. The summed E-state index contributed by atoms with van der Waals surface area (Å²) in [6, 6.07) is 0. The van der Waals surface area contributed by atoms with Crippen LogP contribution < -0.4 is 0 Å². The van der Waals surface area contributed by atoms with Gasteiger partial charge in [-0.25, -0.2) is 9.36 Å². The number of carbonyl (C=O) groups is 2. The first kappa shape index (κ1) is 11.0. The second-order valence-electron chi connectivity index (χ2n) is 3.25. The molecule has 0 saturated heterocycles. The van der Waals surface area contributed by atoms with Gasteiger partial charge in [0, 0.05) is 0 Å². The summed E-state index contributed by atoms with van der Waals surface area (Å²) >= 11 is 0. The maximum absolute atomic E-state index is 11.7. The van der Waals surface area contributed by atoms with Gasteiger partial charge in [-0.3, -0.25) is 4.79 Å². The van der Waals surface area contributed by atoms with Gasteiger partial charge in [-0.1, -0.05) is 0 Å². The minimum absolute atomic E-state index is 0.0570. The van der Waals surface area contributed by atoms with Crippen LogP contribution in [0.4, 0.5) is 0 Å². The Morgan fingerprint density at radius 3 is 2.35 bits per heavy atom. The number of hydrogen-bond acceptors (Lipinski definition) is 8. The Morgan fingerprint density at radius 1 is 1.18 bits per heavy atom. The van der Waals surface area contributed by atoms with E-state index in [1.165, 1.54) is 22.0 Å². The zero-order valence-electron chi connectivity index (χ0n) is 8.62. The molecule has 0 aliphatic heterocycles. The monoisotopic (exact) mass is 236 g/mol. The fraction of sp³-hybridized carbons (Fsp3) is 0.429. The third kappa shape index (κ3) is 2.74. The van der Waals surface area contributed by atoms with Crippen molar-refractivity contribution in [3.8, 4) is 0 Å². The van der Waals surface area contributed by atoms with E-state index in [-0.39, 0.29) is 18.9 Å². The normalized spacial score (nSPS) is 12.2. The molecule has 10 heteroatoms. The van der Waals surface area contributed by atoms with Gasteiger partial charge >= 0.3 is 0 Å². The van der Waals surface area contributed by atoms with Gasteiger partial charge in [0.05, 0.1) is 12.5 Å². The van der Waals surface area contributed by atoms with E-state index in [4.69, 9.17) is 0 Å². The summed E-state index contributed by atoms with van der Waals surface area (Å²) < 4.78 is 2.56. The molecule has 0 aliphatic rings. The molecule has 0 saturated carbocycles. The minimum atomic E-state index is -0.817. The molecule has 10 nitrogen and oxygen atoms in total. The average Bonchev–Trinajstić information content (AvgIpc) is 2.97. The highest BCUT2D eigenvalue weighted by Crippen LogP contribution is 2.00. The number of aldehydes is 1. The molecule has 1 unspecified atom stereocenters. The van der Waals surface area contributed by atoms with Crippen LogP contribution in [0.15, 0.2) is 12.7 Å². The standard InChI is InChI=1S/C7H8N8O2/c16-3-6(1-14-4-8-10-12-14)7(17)2-15-5-9-11-13-15/h3-6H,1-2H2. The van der Waals surface area contributed by atoms with E-state index in [1.54, 1.807) is 0 Å². The second-order valence-corrected chi connectivity index (χ2v) is 3.25. The fourth-order valence-corrected chi connectivity index (χ4v) is 1.22. The molecule has 2 rings (SSSR count). The highest BCUT2D eigenvalue weighted by Gasteiger charge is 2.19. The molecule has 0 spiro atoms. The Labute approximate surface area is 94.6 Å². The van der Waals surface area contributed by atoms with Crippen LogP contribution in [0.5, 0.6) is 0 Å². The zero-order valence-corrected chi connectivity index (χ0v) is 8.62. The lowest BCUT2D eigenvalue weighted by Crippen LogP contribution is -2.26. The summed E-state index contributed by atoms with van der Waals surface area (Å²) in [6.07, 6.45) is 3.20. The Kier molecular flexibility index (Phi) is 3.23. The summed E-state index contributed by atoms with van der Waals surface area (Å²) in [6.45, 7) is 0.0516. The van der Waals surface area contributed by atoms with E-state index >= 15 is 0 Å². The van der Waals surface area contributed by atoms with Crippen molar-refractivity contribution in [2.24, 2.45) is 5.92 Å². The maximum atomic E-state index is 11.7. The van der Waals surface area contributed by atoms with Crippen molar-refractivity contribution in [2.75, 3.05) is 0 Å². The SMILES string of the molecule is O=CC(Cn1cnnn1)C(=O)Cn1cnnn1. The number of aromatic nitrogens is 8. The molecule has 0 aromatic carbocycles. The smallest absolute Gasteiger partial charge is 0.166 e. The quantitative estimate of drug-likeness (QED) is 0.407. The van der Waals surface area contributed by atoms with Gasteiger partial charge in [0.25, 0.3) is 0 Å². The molecule has 1 atom stereocenters. The topological polar surface area (TPSA) is 121 Å². The number of carbonyl (C=O) groups excluding carboxylic acids is 2. The van der Waals surface area contributed by atoms with Crippen LogP contribution in [-0.2, 0) is 22.7 Å². The van der Waals surface area contributed by atoms with Crippen molar-refractivity contribution in [3.05, 3.63) is 12.7 Å². The molecular formula is C7H8N8O2. The van der Waals surface area contributed by atoms with E-state index in [9.17, 15) is 9.59 Å². The Bertz CT molecular complexity index is 478. The van der Waals surface area contributed by atoms with Crippen LogP contribution in [0.2, 0.25) is 0 Å². The maximum Gasteiger partial charge on any atom is 0.166 e.